The maximum absolute atomic E-state index is 13.2. The van der Waals surface area contributed by atoms with Gasteiger partial charge in [-0.1, -0.05) is 83.6 Å². The van der Waals surface area contributed by atoms with Gasteiger partial charge in [-0.3, -0.25) is 9.59 Å². The number of hydrogen-bond donors (Lipinski definition) is 0. The number of rotatable bonds is 16. The first-order chi connectivity index (χ1) is 14.0. The first kappa shape index (κ1) is 25.1. The number of halogens is 1. The Balaban J connectivity index is 1.99. The number of likely N-dealkylation sites (N-methyl/N-ethyl adjacent to an activating group) is 1. The molecule has 0 bridgehead atoms. The molecule has 0 aliphatic carbocycles. The van der Waals surface area contributed by atoms with E-state index in [0.717, 1.165) is 18.9 Å². The lowest BCUT2D eigenvalue weighted by atomic mass is 10.1. The fourth-order valence-corrected chi connectivity index (χ4v) is 3.28. The molecule has 0 radical (unpaired) electrons. The molecule has 0 heterocycles. The van der Waals surface area contributed by atoms with Gasteiger partial charge in [0.15, 0.2) is 0 Å². The zero-order valence-electron chi connectivity index (χ0n) is 18.3. The van der Waals surface area contributed by atoms with E-state index in [2.05, 4.69) is 6.92 Å². The number of ether oxygens (including phenoxy) is 1. The standard InChI is InChI=1S/C24H38FNO3/c1-3-4-5-6-7-8-9-10-11-12-13-14-18-29-23(27)20-26(2)24(28)21-16-15-17-22(25)19-21/h15-17,19H,3-14,18,20H2,1-2H3. The van der Waals surface area contributed by atoms with Gasteiger partial charge in [-0.25, -0.2) is 4.39 Å². The topological polar surface area (TPSA) is 46.6 Å². The van der Waals surface area contributed by atoms with Gasteiger partial charge < -0.3 is 9.64 Å². The van der Waals surface area contributed by atoms with Gasteiger partial charge in [-0.15, -0.1) is 0 Å². The molecule has 0 atom stereocenters. The largest absolute Gasteiger partial charge is 0.464 e. The van der Waals surface area contributed by atoms with Gasteiger partial charge in [-0.2, -0.15) is 0 Å². The Labute approximate surface area is 175 Å². The van der Waals surface area contributed by atoms with Crippen LogP contribution in [0.15, 0.2) is 24.3 Å². The Morgan fingerprint density at radius 3 is 2.00 bits per heavy atom. The molecule has 29 heavy (non-hydrogen) atoms. The molecule has 1 aromatic carbocycles. The lowest BCUT2D eigenvalue weighted by Gasteiger charge is -2.16. The van der Waals surface area contributed by atoms with Crippen LogP contribution in [0.4, 0.5) is 4.39 Å². The third kappa shape index (κ3) is 12.3. The van der Waals surface area contributed by atoms with Crippen molar-refractivity contribution in [2.24, 2.45) is 0 Å². The summed E-state index contributed by atoms with van der Waals surface area (Å²) in [7, 11) is 1.51. The number of carbonyl (C=O) groups excluding carboxylic acids is 2. The zero-order chi connectivity index (χ0) is 21.3. The van der Waals surface area contributed by atoms with Gasteiger partial charge >= 0.3 is 5.97 Å². The highest BCUT2D eigenvalue weighted by Crippen LogP contribution is 2.12. The number of hydrogen-bond acceptors (Lipinski definition) is 3. The third-order valence-electron chi connectivity index (χ3n) is 5.05. The van der Waals surface area contributed by atoms with Crippen molar-refractivity contribution in [2.45, 2.75) is 84.0 Å². The smallest absolute Gasteiger partial charge is 0.325 e. The van der Waals surface area contributed by atoms with Gasteiger partial charge in [0.25, 0.3) is 5.91 Å². The SMILES string of the molecule is CCCCCCCCCCCCCCOC(=O)CN(C)C(=O)c1cccc(F)c1. The van der Waals surface area contributed by atoms with E-state index in [1.54, 1.807) is 0 Å². The number of nitrogens with zero attached hydrogens (tertiary/aromatic N) is 1. The molecule has 0 N–H and O–H groups in total. The Hall–Kier alpha value is -1.91. The normalized spacial score (nSPS) is 10.7. The lowest BCUT2D eigenvalue weighted by Crippen LogP contribution is -2.33. The van der Waals surface area contributed by atoms with Crippen LogP contribution in [0, 0.1) is 5.82 Å². The third-order valence-corrected chi connectivity index (χ3v) is 5.05. The fraction of sp³-hybridized carbons (Fsp3) is 0.667. The molecule has 5 heteroatoms. The van der Waals surface area contributed by atoms with Gasteiger partial charge in [0, 0.05) is 12.6 Å². The van der Waals surface area contributed by atoms with Gasteiger partial charge in [0.2, 0.25) is 0 Å². The van der Waals surface area contributed by atoms with Crippen molar-refractivity contribution in [3.63, 3.8) is 0 Å². The molecular weight excluding hydrogens is 369 g/mol. The van der Waals surface area contributed by atoms with Crippen LogP contribution in [-0.2, 0) is 9.53 Å². The Bertz CT molecular complexity index is 591. The maximum Gasteiger partial charge on any atom is 0.325 e. The predicted octanol–water partition coefficient (Wildman–Crippen LogP) is 6.14. The number of unbranched alkanes of at least 4 members (excludes halogenated alkanes) is 11. The summed E-state index contributed by atoms with van der Waals surface area (Å²) in [6, 6.07) is 5.44. The molecule has 0 unspecified atom stereocenters. The molecule has 1 aromatic rings. The highest BCUT2D eigenvalue weighted by molar-refractivity contribution is 5.95. The first-order valence-corrected chi connectivity index (χ1v) is 11.2. The van der Waals surface area contributed by atoms with Gasteiger partial charge in [0.05, 0.1) is 6.61 Å². The molecule has 1 amide bonds. The van der Waals surface area contributed by atoms with Crippen molar-refractivity contribution in [1.82, 2.24) is 4.90 Å². The maximum atomic E-state index is 13.2. The second-order valence-corrected chi connectivity index (χ2v) is 7.78. The molecule has 164 valence electrons. The van der Waals surface area contributed by atoms with E-state index in [1.165, 1.54) is 94.4 Å². The molecular formula is C24H38FNO3. The minimum Gasteiger partial charge on any atom is -0.464 e. The minimum atomic E-state index is -0.473. The molecule has 0 spiro atoms. The predicted molar refractivity (Wildman–Crippen MR) is 115 cm³/mol. The molecule has 0 saturated carbocycles. The van der Waals surface area contributed by atoms with Crippen LogP contribution >= 0.6 is 0 Å². The van der Waals surface area contributed by atoms with Gasteiger partial charge in [0.1, 0.15) is 12.4 Å². The summed E-state index contributed by atoms with van der Waals surface area (Å²) in [6.07, 6.45) is 15.1. The summed E-state index contributed by atoms with van der Waals surface area (Å²) < 4.78 is 18.4. The van der Waals surface area contributed by atoms with Crippen molar-refractivity contribution < 1.29 is 18.7 Å². The van der Waals surface area contributed by atoms with Crippen LogP contribution < -0.4 is 0 Å². The van der Waals surface area contributed by atoms with Crippen molar-refractivity contribution in [3.05, 3.63) is 35.6 Å². The van der Waals surface area contributed by atoms with Gasteiger partial charge in [-0.05, 0) is 24.6 Å². The van der Waals surface area contributed by atoms with Crippen LogP contribution in [0.25, 0.3) is 0 Å². The van der Waals surface area contributed by atoms with Crippen LogP contribution in [0.5, 0.6) is 0 Å². The molecule has 1 rings (SSSR count). The van der Waals surface area contributed by atoms with Crippen LogP contribution in [0.3, 0.4) is 0 Å². The molecule has 0 fully saturated rings. The van der Waals surface area contributed by atoms with Crippen molar-refractivity contribution in [2.75, 3.05) is 20.2 Å². The average molecular weight is 408 g/mol. The highest BCUT2D eigenvalue weighted by Gasteiger charge is 2.16. The number of amides is 1. The molecule has 0 saturated heterocycles. The summed E-state index contributed by atoms with van der Waals surface area (Å²) in [5, 5.41) is 0. The first-order valence-electron chi connectivity index (χ1n) is 11.2. The van der Waals surface area contributed by atoms with Crippen LogP contribution in [0.2, 0.25) is 0 Å². The monoisotopic (exact) mass is 407 g/mol. The van der Waals surface area contributed by atoms with E-state index in [9.17, 15) is 14.0 Å². The zero-order valence-corrected chi connectivity index (χ0v) is 18.3. The summed E-state index contributed by atoms with van der Waals surface area (Å²) in [5.74, 6) is -1.30. The van der Waals surface area contributed by atoms with E-state index in [1.807, 2.05) is 0 Å². The summed E-state index contributed by atoms with van der Waals surface area (Å²) >= 11 is 0. The van der Waals surface area contributed by atoms with Crippen molar-refractivity contribution in [1.29, 1.82) is 0 Å². The second-order valence-electron chi connectivity index (χ2n) is 7.78. The van der Waals surface area contributed by atoms with E-state index < -0.39 is 17.7 Å². The number of carbonyl (C=O) groups is 2. The minimum absolute atomic E-state index is 0.131. The van der Waals surface area contributed by atoms with Crippen molar-refractivity contribution in [3.8, 4) is 0 Å². The average Bonchev–Trinajstić information content (AvgIpc) is 2.70. The lowest BCUT2D eigenvalue weighted by molar-refractivity contribution is -0.144. The second kappa shape index (κ2) is 15.9. The summed E-state index contributed by atoms with van der Waals surface area (Å²) in [5.41, 5.74) is 0.223. The molecule has 0 aliphatic rings. The van der Waals surface area contributed by atoms with E-state index in [-0.39, 0.29) is 12.1 Å². The Morgan fingerprint density at radius 2 is 1.45 bits per heavy atom. The summed E-state index contributed by atoms with van der Waals surface area (Å²) in [4.78, 5) is 25.3. The highest BCUT2D eigenvalue weighted by atomic mass is 19.1. The van der Waals surface area contributed by atoms with Crippen LogP contribution in [0.1, 0.15) is 94.3 Å². The molecule has 4 nitrogen and oxygen atoms in total. The Kier molecular flexibility index (Phi) is 13.8. The fourth-order valence-electron chi connectivity index (χ4n) is 3.28. The number of esters is 1. The van der Waals surface area contributed by atoms with E-state index in [0.29, 0.717) is 6.61 Å². The van der Waals surface area contributed by atoms with Crippen LogP contribution in [-0.4, -0.2) is 37.0 Å². The molecule has 0 aliphatic heterocycles. The quantitative estimate of drug-likeness (QED) is 0.244. The number of benzene rings is 1. The summed E-state index contributed by atoms with van der Waals surface area (Å²) in [6.45, 7) is 2.50. The molecule has 0 aromatic heterocycles. The van der Waals surface area contributed by atoms with Crippen molar-refractivity contribution >= 4 is 11.9 Å². The van der Waals surface area contributed by atoms with E-state index >= 15 is 0 Å². The Morgan fingerprint density at radius 1 is 0.897 bits per heavy atom. The van der Waals surface area contributed by atoms with E-state index in [4.69, 9.17) is 4.74 Å².